The summed E-state index contributed by atoms with van der Waals surface area (Å²) >= 11 is 0. The van der Waals surface area contributed by atoms with Gasteiger partial charge in [-0.25, -0.2) is 0 Å². The molecule has 2 nitrogen and oxygen atoms in total. The molecule has 1 heterocycles. The van der Waals surface area contributed by atoms with Crippen LogP contribution in [-0.2, 0) is 9.26 Å². The Bertz CT molecular complexity index is 97.6. The molecule has 0 aromatic heterocycles. The van der Waals surface area contributed by atoms with Crippen LogP contribution in [0.1, 0.15) is 6.42 Å². The third-order valence-electron chi connectivity index (χ3n) is 1.42. The van der Waals surface area contributed by atoms with E-state index in [4.69, 9.17) is 4.74 Å². The van der Waals surface area contributed by atoms with E-state index in [1.807, 2.05) is 0 Å². The van der Waals surface area contributed by atoms with Crippen molar-refractivity contribution in [2.24, 2.45) is 5.92 Å². The Morgan fingerprint density at radius 1 is 1.50 bits per heavy atom. The van der Waals surface area contributed by atoms with Crippen molar-refractivity contribution in [1.82, 2.24) is 0 Å². The molecule has 1 aliphatic rings. The fourth-order valence-electron chi connectivity index (χ4n) is 0.740. The molecule has 0 bridgehead atoms. The van der Waals surface area contributed by atoms with Crippen molar-refractivity contribution in [1.29, 1.82) is 0 Å². The lowest BCUT2D eigenvalue weighted by Gasteiger charge is -2.25. The van der Waals surface area contributed by atoms with E-state index in [-0.39, 0.29) is 6.61 Å². The molecule has 0 amide bonds. The monoisotopic (exact) mass is 170 g/mol. The van der Waals surface area contributed by atoms with Crippen molar-refractivity contribution in [3.63, 3.8) is 0 Å². The van der Waals surface area contributed by atoms with E-state index in [1.165, 1.54) is 0 Å². The smallest absolute Gasteiger partial charge is 0.381 e. The van der Waals surface area contributed by atoms with Crippen LogP contribution in [0, 0.1) is 5.92 Å². The molecule has 60 valence electrons. The molecule has 0 atom stereocenters. The molecule has 5 heteroatoms. The van der Waals surface area contributed by atoms with Gasteiger partial charge in [0.15, 0.2) is 0 Å². The lowest BCUT2D eigenvalue weighted by molar-refractivity contribution is -0.0401. The molecule has 1 aliphatic heterocycles. The summed E-state index contributed by atoms with van der Waals surface area (Å²) in [4.78, 5) is 0. The zero-order chi connectivity index (χ0) is 7.40. The maximum atomic E-state index is 11.4. The fourth-order valence-corrected chi connectivity index (χ4v) is 0.983. The summed E-state index contributed by atoms with van der Waals surface area (Å²) in [5.74, 6) is 0.454. The molecule has 1 fully saturated rings. The van der Waals surface area contributed by atoms with E-state index in [0.717, 1.165) is 0 Å². The van der Waals surface area contributed by atoms with Crippen LogP contribution < -0.4 is 0 Å². The topological polar surface area (TPSA) is 18.5 Å². The van der Waals surface area contributed by atoms with Gasteiger partial charge >= 0.3 is 8.77 Å². The molecule has 0 saturated carbocycles. The highest BCUT2D eigenvalue weighted by molar-refractivity contribution is 7.40. The van der Waals surface area contributed by atoms with Crippen molar-refractivity contribution < 1.29 is 17.7 Å². The predicted molar refractivity (Wildman–Crippen MR) is 34.0 cm³/mol. The second-order valence-corrected chi connectivity index (χ2v) is 2.89. The van der Waals surface area contributed by atoms with E-state index in [2.05, 4.69) is 4.52 Å². The van der Waals surface area contributed by atoms with Gasteiger partial charge in [-0.15, -0.1) is 0 Å². The number of ether oxygens (including phenoxy) is 1. The maximum absolute atomic E-state index is 11.4. The molecule has 0 N–H and O–H groups in total. The summed E-state index contributed by atoms with van der Waals surface area (Å²) in [7, 11) is -3.15. The normalized spacial score (nSPS) is 19.5. The zero-order valence-electron chi connectivity index (χ0n) is 5.43. The summed E-state index contributed by atoms with van der Waals surface area (Å²) in [5, 5.41) is 0. The highest BCUT2D eigenvalue weighted by Gasteiger charge is 2.18. The van der Waals surface area contributed by atoms with Crippen LogP contribution in [0.2, 0.25) is 0 Å². The predicted octanol–water partition coefficient (Wildman–Crippen LogP) is 2.21. The minimum absolute atomic E-state index is 0.173. The molecule has 0 spiro atoms. The lowest BCUT2D eigenvalue weighted by atomic mass is 10.1. The lowest BCUT2D eigenvalue weighted by Crippen LogP contribution is -2.28. The quantitative estimate of drug-likeness (QED) is 0.602. The number of rotatable bonds is 4. The van der Waals surface area contributed by atoms with Gasteiger partial charge in [0.25, 0.3) is 0 Å². The second-order valence-electron chi connectivity index (χ2n) is 2.23. The van der Waals surface area contributed by atoms with Gasteiger partial charge in [-0.05, 0) is 6.42 Å². The highest BCUT2D eigenvalue weighted by atomic mass is 31.2. The fraction of sp³-hybridized carbons (Fsp3) is 1.00. The molecular formula is C5H9F2O2P. The molecule has 0 aromatic carbocycles. The third kappa shape index (κ3) is 2.86. The van der Waals surface area contributed by atoms with Gasteiger partial charge in [0.1, 0.15) is 0 Å². The van der Waals surface area contributed by atoms with Crippen molar-refractivity contribution in [3.05, 3.63) is 0 Å². The second kappa shape index (κ2) is 4.16. The van der Waals surface area contributed by atoms with Gasteiger partial charge in [-0.2, -0.15) is 8.39 Å². The van der Waals surface area contributed by atoms with Crippen molar-refractivity contribution in [3.8, 4) is 0 Å². The molecular weight excluding hydrogens is 161 g/mol. The van der Waals surface area contributed by atoms with Gasteiger partial charge in [-0.1, -0.05) is 0 Å². The average Bonchev–Trinajstić information content (AvgIpc) is 1.75. The first-order valence-corrected chi connectivity index (χ1v) is 4.15. The number of hydrogen-bond donors (Lipinski definition) is 0. The molecule has 0 radical (unpaired) electrons. The van der Waals surface area contributed by atoms with Crippen molar-refractivity contribution in [2.45, 2.75) is 6.42 Å². The molecule has 10 heavy (non-hydrogen) atoms. The third-order valence-corrected chi connectivity index (χ3v) is 1.80. The minimum atomic E-state index is -3.15. The van der Waals surface area contributed by atoms with Gasteiger partial charge in [-0.3, -0.25) is 0 Å². The standard InChI is InChI=1S/C5H9F2O2P/c6-10(7)9-2-1-5-3-8-4-5/h5H,1-4H2. The highest BCUT2D eigenvalue weighted by Crippen LogP contribution is 2.39. The first kappa shape index (κ1) is 8.31. The van der Waals surface area contributed by atoms with Crippen LogP contribution in [0.25, 0.3) is 0 Å². The summed E-state index contributed by atoms with van der Waals surface area (Å²) in [6, 6.07) is 0. The van der Waals surface area contributed by atoms with Gasteiger partial charge < -0.3 is 9.26 Å². The Kier molecular flexibility index (Phi) is 3.46. The Morgan fingerprint density at radius 3 is 2.60 bits per heavy atom. The Morgan fingerprint density at radius 2 is 2.20 bits per heavy atom. The van der Waals surface area contributed by atoms with Crippen LogP contribution in [0.15, 0.2) is 0 Å². The van der Waals surface area contributed by atoms with E-state index < -0.39 is 8.77 Å². The van der Waals surface area contributed by atoms with Crippen LogP contribution in [0.5, 0.6) is 0 Å². The van der Waals surface area contributed by atoms with Crippen molar-refractivity contribution in [2.75, 3.05) is 19.8 Å². The average molecular weight is 170 g/mol. The van der Waals surface area contributed by atoms with Gasteiger partial charge in [0.05, 0.1) is 19.8 Å². The first-order valence-electron chi connectivity index (χ1n) is 3.11. The van der Waals surface area contributed by atoms with Crippen LogP contribution in [0.4, 0.5) is 8.39 Å². The summed E-state index contributed by atoms with van der Waals surface area (Å²) in [6.45, 7) is 1.59. The molecule has 0 unspecified atom stereocenters. The SMILES string of the molecule is FP(F)OCCC1COC1. The first-order chi connectivity index (χ1) is 4.79. The van der Waals surface area contributed by atoms with E-state index in [9.17, 15) is 8.39 Å². The number of hydrogen-bond acceptors (Lipinski definition) is 2. The zero-order valence-corrected chi connectivity index (χ0v) is 6.32. The van der Waals surface area contributed by atoms with E-state index >= 15 is 0 Å². The summed E-state index contributed by atoms with van der Waals surface area (Å²) in [6.07, 6.45) is 0.701. The molecule has 1 rings (SSSR count). The summed E-state index contributed by atoms with van der Waals surface area (Å²) in [5.41, 5.74) is 0. The van der Waals surface area contributed by atoms with Crippen LogP contribution >= 0.6 is 8.77 Å². The van der Waals surface area contributed by atoms with Crippen LogP contribution in [0.3, 0.4) is 0 Å². The Labute approximate surface area is 59.6 Å². The van der Waals surface area contributed by atoms with Crippen molar-refractivity contribution >= 4 is 8.77 Å². The molecule has 0 aliphatic carbocycles. The maximum Gasteiger partial charge on any atom is 0.415 e. The van der Waals surface area contributed by atoms with E-state index in [0.29, 0.717) is 25.6 Å². The summed E-state index contributed by atoms with van der Waals surface area (Å²) < 4.78 is 31.8. The van der Waals surface area contributed by atoms with Gasteiger partial charge in [0, 0.05) is 5.92 Å². The Balaban J connectivity index is 1.85. The minimum Gasteiger partial charge on any atom is -0.381 e. The molecule has 0 aromatic rings. The van der Waals surface area contributed by atoms with E-state index in [1.54, 1.807) is 0 Å². The Hall–Kier alpha value is 0.210. The molecule has 1 saturated heterocycles. The largest absolute Gasteiger partial charge is 0.415 e. The van der Waals surface area contributed by atoms with Crippen LogP contribution in [-0.4, -0.2) is 19.8 Å². The van der Waals surface area contributed by atoms with Gasteiger partial charge in [0.2, 0.25) is 0 Å². The number of halogens is 2.